The first-order valence-corrected chi connectivity index (χ1v) is 7.82. The number of halogens is 1. The lowest BCUT2D eigenvalue weighted by atomic mass is 10.1. The smallest absolute Gasteiger partial charge is 0.335 e. The summed E-state index contributed by atoms with van der Waals surface area (Å²) in [7, 11) is 0. The molecule has 122 valence electrons. The van der Waals surface area contributed by atoms with Gasteiger partial charge in [0.05, 0.1) is 12.1 Å². The second kappa shape index (κ2) is 6.86. The lowest BCUT2D eigenvalue weighted by Gasteiger charge is -2.10. The third-order valence-corrected chi connectivity index (χ3v) is 3.94. The fourth-order valence-electron chi connectivity index (χ4n) is 2.17. The van der Waals surface area contributed by atoms with Gasteiger partial charge in [0.25, 0.3) is 0 Å². The van der Waals surface area contributed by atoms with Crippen LogP contribution in [0.15, 0.2) is 48.5 Å². The Morgan fingerprint density at radius 1 is 1.21 bits per heavy atom. The highest BCUT2D eigenvalue weighted by Crippen LogP contribution is 2.19. The number of hydrogen-bond acceptors (Lipinski definition) is 4. The molecule has 0 amide bonds. The Kier molecular flexibility index (Phi) is 4.64. The number of rotatable bonds is 5. The maximum atomic E-state index is 10.9. The predicted octanol–water partition coefficient (Wildman–Crippen LogP) is 3.70. The van der Waals surface area contributed by atoms with E-state index in [4.69, 9.17) is 28.9 Å². The van der Waals surface area contributed by atoms with Gasteiger partial charge in [0.15, 0.2) is 5.82 Å². The standard InChI is InChI=1S/C16H13ClN4O2S/c17-13-7-5-11(6-8-13)14-19-20-16(24)21(14)18-9-10-1-3-12(4-2-10)15(22)23/h1-8,18H,9H2,(H,20,24)(H,22,23). The summed E-state index contributed by atoms with van der Waals surface area (Å²) in [6.07, 6.45) is 0. The van der Waals surface area contributed by atoms with Gasteiger partial charge in [-0.15, -0.1) is 0 Å². The van der Waals surface area contributed by atoms with Crippen molar-refractivity contribution in [3.63, 3.8) is 0 Å². The minimum atomic E-state index is -0.948. The summed E-state index contributed by atoms with van der Waals surface area (Å²) in [5, 5.41) is 16.5. The lowest BCUT2D eigenvalue weighted by molar-refractivity contribution is 0.0697. The van der Waals surface area contributed by atoms with E-state index in [1.807, 2.05) is 12.1 Å². The first-order valence-electron chi connectivity index (χ1n) is 7.04. The van der Waals surface area contributed by atoms with Crippen LogP contribution < -0.4 is 5.43 Å². The Balaban J connectivity index is 1.80. The first kappa shape index (κ1) is 16.2. The van der Waals surface area contributed by atoms with Crippen molar-refractivity contribution in [2.45, 2.75) is 6.54 Å². The van der Waals surface area contributed by atoms with E-state index in [9.17, 15) is 4.79 Å². The molecular weight excluding hydrogens is 348 g/mol. The minimum Gasteiger partial charge on any atom is -0.478 e. The van der Waals surface area contributed by atoms with Gasteiger partial charge in [-0.25, -0.2) is 14.6 Å². The van der Waals surface area contributed by atoms with Gasteiger partial charge in [0.1, 0.15) is 0 Å². The molecule has 0 aliphatic rings. The molecule has 1 aromatic heterocycles. The number of carboxylic acid groups (broad SMARTS) is 1. The molecule has 0 saturated carbocycles. The number of nitrogens with one attached hydrogen (secondary N) is 2. The van der Waals surface area contributed by atoms with E-state index in [1.165, 1.54) is 0 Å². The third kappa shape index (κ3) is 3.47. The fraction of sp³-hybridized carbons (Fsp3) is 0.0625. The van der Waals surface area contributed by atoms with Gasteiger partial charge in [0.2, 0.25) is 4.77 Å². The maximum absolute atomic E-state index is 10.9. The molecule has 0 atom stereocenters. The van der Waals surface area contributed by atoms with Crippen molar-refractivity contribution < 1.29 is 9.90 Å². The van der Waals surface area contributed by atoms with Crippen molar-refractivity contribution in [3.05, 3.63) is 69.5 Å². The van der Waals surface area contributed by atoms with E-state index in [1.54, 1.807) is 41.1 Å². The number of nitrogens with zero attached hydrogens (tertiary/aromatic N) is 2. The van der Waals surface area contributed by atoms with E-state index in [-0.39, 0.29) is 5.56 Å². The summed E-state index contributed by atoms with van der Waals surface area (Å²) in [5.41, 5.74) is 5.21. The van der Waals surface area contributed by atoms with Gasteiger partial charge in [-0.1, -0.05) is 23.7 Å². The summed E-state index contributed by atoms with van der Waals surface area (Å²) >= 11 is 11.2. The van der Waals surface area contributed by atoms with Crippen molar-refractivity contribution in [2.75, 3.05) is 5.43 Å². The number of aromatic carboxylic acids is 1. The number of carboxylic acids is 1. The number of H-pyrrole nitrogens is 1. The Morgan fingerprint density at radius 2 is 1.88 bits per heavy atom. The zero-order valence-electron chi connectivity index (χ0n) is 12.4. The highest BCUT2D eigenvalue weighted by Gasteiger charge is 2.09. The molecule has 0 aliphatic carbocycles. The van der Waals surface area contributed by atoms with Gasteiger partial charge in [-0.05, 0) is 54.2 Å². The summed E-state index contributed by atoms with van der Waals surface area (Å²) in [6, 6.07) is 13.9. The largest absolute Gasteiger partial charge is 0.478 e. The quantitative estimate of drug-likeness (QED) is 0.604. The predicted molar refractivity (Wildman–Crippen MR) is 94.3 cm³/mol. The maximum Gasteiger partial charge on any atom is 0.335 e. The lowest BCUT2D eigenvalue weighted by Crippen LogP contribution is -2.16. The molecule has 0 radical (unpaired) electrons. The Labute approximate surface area is 147 Å². The molecule has 0 aliphatic heterocycles. The number of aromatic amines is 1. The van der Waals surface area contributed by atoms with E-state index < -0.39 is 5.97 Å². The van der Waals surface area contributed by atoms with Crippen molar-refractivity contribution in [1.29, 1.82) is 0 Å². The average molecular weight is 361 g/mol. The van der Waals surface area contributed by atoms with Crippen LogP contribution in [0.25, 0.3) is 11.4 Å². The van der Waals surface area contributed by atoms with Crippen molar-refractivity contribution in [3.8, 4) is 11.4 Å². The molecule has 1 heterocycles. The highest BCUT2D eigenvalue weighted by molar-refractivity contribution is 7.71. The van der Waals surface area contributed by atoms with Crippen LogP contribution in [0.3, 0.4) is 0 Å². The monoisotopic (exact) mass is 360 g/mol. The van der Waals surface area contributed by atoms with Gasteiger partial charge in [-0.2, -0.15) is 5.10 Å². The molecule has 0 saturated heterocycles. The molecule has 0 bridgehead atoms. The summed E-state index contributed by atoms with van der Waals surface area (Å²) in [6.45, 7) is 0.467. The molecule has 2 aromatic carbocycles. The van der Waals surface area contributed by atoms with Crippen LogP contribution in [0, 0.1) is 4.77 Å². The summed E-state index contributed by atoms with van der Waals surface area (Å²) in [5.74, 6) is -0.310. The van der Waals surface area contributed by atoms with Gasteiger partial charge in [-0.3, -0.25) is 0 Å². The second-order valence-corrected chi connectivity index (χ2v) is 5.85. The third-order valence-electron chi connectivity index (χ3n) is 3.42. The number of aromatic nitrogens is 3. The van der Waals surface area contributed by atoms with Crippen LogP contribution >= 0.6 is 23.8 Å². The summed E-state index contributed by atoms with van der Waals surface area (Å²) < 4.78 is 2.10. The van der Waals surface area contributed by atoms with Crippen molar-refractivity contribution in [2.24, 2.45) is 0 Å². The SMILES string of the molecule is O=C(O)c1ccc(CNn2c(-c3ccc(Cl)cc3)n[nH]c2=S)cc1. The first-order chi connectivity index (χ1) is 11.5. The number of carbonyl (C=O) groups is 1. The zero-order valence-corrected chi connectivity index (χ0v) is 13.9. The highest BCUT2D eigenvalue weighted by atomic mass is 35.5. The molecule has 0 spiro atoms. The average Bonchev–Trinajstić information content (AvgIpc) is 2.95. The molecule has 0 fully saturated rings. The molecule has 3 rings (SSSR count). The second-order valence-electron chi connectivity index (χ2n) is 5.03. The summed E-state index contributed by atoms with van der Waals surface area (Å²) in [4.78, 5) is 10.9. The van der Waals surface area contributed by atoms with E-state index in [0.717, 1.165) is 11.1 Å². The van der Waals surface area contributed by atoms with Crippen LogP contribution in [0.5, 0.6) is 0 Å². The zero-order chi connectivity index (χ0) is 17.1. The Hall–Kier alpha value is -2.64. The molecule has 6 nitrogen and oxygen atoms in total. The molecule has 3 aromatic rings. The number of benzene rings is 2. The molecular formula is C16H13ClN4O2S. The normalized spacial score (nSPS) is 10.5. The van der Waals surface area contributed by atoms with Gasteiger partial charge in [0, 0.05) is 10.6 Å². The van der Waals surface area contributed by atoms with Gasteiger partial charge < -0.3 is 10.5 Å². The fourth-order valence-corrected chi connectivity index (χ4v) is 2.49. The van der Waals surface area contributed by atoms with E-state index >= 15 is 0 Å². The molecule has 3 N–H and O–H groups in total. The van der Waals surface area contributed by atoms with E-state index in [2.05, 4.69) is 15.6 Å². The Morgan fingerprint density at radius 3 is 2.50 bits per heavy atom. The molecule has 24 heavy (non-hydrogen) atoms. The van der Waals surface area contributed by atoms with Crippen molar-refractivity contribution >= 4 is 29.8 Å². The van der Waals surface area contributed by atoms with Crippen LogP contribution in [-0.2, 0) is 6.54 Å². The Bertz CT molecular complexity index is 917. The van der Waals surface area contributed by atoms with Crippen LogP contribution in [0.4, 0.5) is 0 Å². The van der Waals surface area contributed by atoms with E-state index in [0.29, 0.717) is 22.2 Å². The topological polar surface area (TPSA) is 82.9 Å². The minimum absolute atomic E-state index is 0.250. The van der Waals surface area contributed by atoms with Crippen LogP contribution in [0.1, 0.15) is 15.9 Å². The molecule has 0 unspecified atom stereocenters. The van der Waals surface area contributed by atoms with Crippen molar-refractivity contribution in [1.82, 2.24) is 14.9 Å². The van der Waals surface area contributed by atoms with Crippen LogP contribution in [-0.4, -0.2) is 25.9 Å². The van der Waals surface area contributed by atoms with Gasteiger partial charge >= 0.3 is 5.97 Å². The molecule has 8 heteroatoms. The number of hydrogen-bond donors (Lipinski definition) is 3. The van der Waals surface area contributed by atoms with Crippen LogP contribution in [0.2, 0.25) is 5.02 Å².